The molecule has 1 saturated carbocycles. The highest BCUT2D eigenvalue weighted by Crippen LogP contribution is 2.34. The summed E-state index contributed by atoms with van der Waals surface area (Å²) in [5.41, 5.74) is 1.04. The van der Waals surface area contributed by atoms with Gasteiger partial charge in [0.2, 0.25) is 11.1 Å². The second-order valence-electron chi connectivity index (χ2n) is 6.49. The van der Waals surface area contributed by atoms with E-state index >= 15 is 0 Å². The summed E-state index contributed by atoms with van der Waals surface area (Å²) in [5, 5.41) is 8.07. The number of benzene rings is 1. The Labute approximate surface area is 153 Å². The van der Waals surface area contributed by atoms with Gasteiger partial charge in [-0.05, 0) is 38.8 Å². The minimum Gasteiger partial charge on any atom is -0.355 e. The van der Waals surface area contributed by atoms with Gasteiger partial charge in [-0.2, -0.15) is 0 Å². The molecule has 0 aliphatic heterocycles. The molecule has 0 saturated heterocycles. The van der Waals surface area contributed by atoms with E-state index in [4.69, 9.17) is 10.1 Å². The van der Waals surface area contributed by atoms with Crippen molar-refractivity contribution in [3.05, 3.63) is 36.2 Å². The molecule has 0 spiro atoms. The standard InChI is InChI=1S/C19H26N4OS/c1-3-20-18(24)14(2)25-19-21-17(15-10-6-4-7-11-15)23(22-19)16-12-8-5-9-13-16/h5,8-9,12-15H,3-4,6-7,10-11H2,1-2H3,(H,20,24)/t14-/m0/s1. The summed E-state index contributed by atoms with van der Waals surface area (Å²) in [6.45, 7) is 4.47. The number of aromatic nitrogens is 3. The molecule has 0 radical (unpaired) electrons. The van der Waals surface area contributed by atoms with Gasteiger partial charge >= 0.3 is 0 Å². The molecule has 1 amide bonds. The molecule has 1 fully saturated rings. The van der Waals surface area contributed by atoms with Crippen molar-refractivity contribution < 1.29 is 4.79 Å². The van der Waals surface area contributed by atoms with Gasteiger partial charge in [0, 0.05) is 12.5 Å². The summed E-state index contributed by atoms with van der Waals surface area (Å²) < 4.78 is 1.97. The maximum atomic E-state index is 12.0. The molecule has 2 aromatic rings. The van der Waals surface area contributed by atoms with Crippen LogP contribution in [0.25, 0.3) is 5.69 Å². The van der Waals surface area contributed by atoms with Crippen LogP contribution in [-0.2, 0) is 4.79 Å². The summed E-state index contributed by atoms with van der Waals surface area (Å²) in [7, 11) is 0. The van der Waals surface area contributed by atoms with Crippen LogP contribution in [-0.4, -0.2) is 32.5 Å². The Hall–Kier alpha value is -1.82. The third-order valence-corrected chi connectivity index (χ3v) is 5.54. The molecule has 1 aliphatic carbocycles. The van der Waals surface area contributed by atoms with Crippen molar-refractivity contribution >= 4 is 17.7 Å². The van der Waals surface area contributed by atoms with Crippen LogP contribution in [0.15, 0.2) is 35.5 Å². The van der Waals surface area contributed by atoms with Crippen LogP contribution in [0, 0.1) is 0 Å². The van der Waals surface area contributed by atoms with E-state index in [-0.39, 0.29) is 11.2 Å². The second kappa shape index (κ2) is 8.52. The molecule has 1 atom stereocenters. The fourth-order valence-corrected chi connectivity index (χ4v) is 4.05. The molecule has 5 nitrogen and oxygen atoms in total. The van der Waals surface area contributed by atoms with E-state index in [0.717, 1.165) is 11.5 Å². The van der Waals surface area contributed by atoms with Crippen LogP contribution in [0.1, 0.15) is 57.7 Å². The number of hydrogen-bond acceptors (Lipinski definition) is 4. The molecule has 134 valence electrons. The van der Waals surface area contributed by atoms with Crippen molar-refractivity contribution in [3.8, 4) is 5.69 Å². The molecule has 1 aromatic carbocycles. The normalized spacial score (nSPS) is 16.6. The van der Waals surface area contributed by atoms with Gasteiger partial charge in [0.05, 0.1) is 10.9 Å². The summed E-state index contributed by atoms with van der Waals surface area (Å²) in [6, 6.07) is 10.2. The maximum absolute atomic E-state index is 12.0. The predicted molar refractivity (Wildman–Crippen MR) is 101 cm³/mol. The largest absolute Gasteiger partial charge is 0.355 e. The molecule has 25 heavy (non-hydrogen) atoms. The van der Waals surface area contributed by atoms with Crippen molar-refractivity contribution in [2.75, 3.05) is 6.54 Å². The van der Waals surface area contributed by atoms with Gasteiger partial charge in [-0.25, -0.2) is 9.67 Å². The van der Waals surface area contributed by atoms with Crippen molar-refractivity contribution in [2.24, 2.45) is 0 Å². The fourth-order valence-electron chi connectivity index (χ4n) is 3.27. The number of rotatable bonds is 6. The number of carbonyl (C=O) groups excluding carboxylic acids is 1. The summed E-state index contributed by atoms with van der Waals surface area (Å²) in [6.07, 6.45) is 6.16. The Balaban J connectivity index is 1.87. The molecule has 1 N–H and O–H groups in total. The minimum absolute atomic E-state index is 0.0303. The third-order valence-electron chi connectivity index (χ3n) is 4.59. The lowest BCUT2D eigenvalue weighted by Gasteiger charge is -2.21. The van der Waals surface area contributed by atoms with Gasteiger partial charge in [0.1, 0.15) is 5.82 Å². The molecular weight excluding hydrogens is 332 g/mol. The maximum Gasteiger partial charge on any atom is 0.233 e. The van der Waals surface area contributed by atoms with Gasteiger partial charge in [0.25, 0.3) is 0 Å². The summed E-state index contributed by atoms with van der Waals surface area (Å²) in [4.78, 5) is 16.8. The van der Waals surface area contributed by atoms with E-state index in [9.17, 15) is 4.79 Å². The number of para-hydroxylation sites is 1. The van der Waals surface area contributed by atoms with Crippen molar-refractivity contribution in [1.82, 2.24) is 20.1 Å². The highest BCUT2D eigenvalue weighted by atomic mass is 32.2. The molecule has 3 rings (SSSR count). The number of amides is 1. The zero-order valence-corrected chi connectivity index (χ0v) is 15.8. The molecular formula is C19H26N4OS. The molecule has 1 aliphatic rings. The smallest absolute Gasteiger partial charge is 0.233 e. The predicted octanol–water partition coefficient (Wildman–Crippen LogP) is 3.93. The van der Waals surface area contributed by atoms with Crippen LogP contribution < -0.4 is 5.32 Å². The number of carbonyl (C=O) groups is 1. The van der Waals surface area contributed by atoms with Gasteiger partial charge in [-0.3, -0.25) is 4.79 Å². The quantitative estimate of drug-likeness (QED) is 0.795. The third kappa shape index (κ3) is 4.42. The summed E-state index contributed by atoms with van der Waals surface area (Å²) >= 11 is 1.43. The first-order valence-corrected chi connectivity index (χ1v) is 10.0. The lowest BCUT2D eigenvalue weighted by atomic mass is 9.88. The Kier molecular flexibility index (Phi) is 6.13. The first-order valence-electron chi connectivity index (χ1n) is 9.15. The highest BCUT2D eigenvalue weighted by molar-refractivity contribution is 8.00. The zero-order chi connectivity index (χ0) is 17.6. The lowest BCUT2D eigenvalue weighted by molar-refractivity contribution is -0.120. The van der Waals surface area contributed by atoms with Crippen LogP contribution in [0.3, 0.4) is 0 Å². The van der Waals surface area contributed by atoms with E-state index in [2.05, 4.69) is 17.4 Å². The molecule has 1 aromatic heterocycles. The van der Waals surface area contributed by atoms with Gasteiger partial charge < -0.3 is 5.32 Å². The Morgan fingerprint density at radius 1 is 1.28 bits per heavy atom. The highest BCUT2D eigenvalue weighted by Gasteiger charge is 2.25. The van der Waals surface area contributed by atoms with Crippen LogP contribution in [0.4, 0.5) is 0 Å². The Morgan fingerprint density at radius 2 is 2.00 bits per heavy atom. The monoisotopic (exact) mass is 358 g/mol. The van der Waals surface area contributed by atoms with Crippen molar-refractivity contribution in [1.29, 1.82) is 0 Å². The van der Waals surface area contributed by atoms with Crippen molar-refractivity contribution in [2.45, 2.75) is 62.3 Å². The number of thioether (sulfide) groups is 1. The first-order chi connectivity index (χ1) is 12.2. The van der Waals surface area contributed by atoms with E-state index < -0.39 is 0 Å². The number of nitrogens with one attached hydrogen (secondary N) is 1. The van der Waals surface area contributed by atoms with E-state index in [1.54, 1.807) is 0 Å². The zero-order valence-electron chi connectivity index (χ0n) is 14.9. The number of nitrogens with zero attached hydrogens (tertiary/aromatic N) is 3. The fraction of sp³-hybridized carbons (Fsp3) is 0.526. The van der Waals surface area contributed by atoms with Gasteiger partial charge in [-0.1, -0.05) is 49.2 Å². The average molecular weight is 359 g/mol. The summed E-state index contributed by atoms with van der Waals surface area (Å²) in [5.74, 6) is 1.52. The average Bonchev–Trinajstić information content (AvgIpc) is 3.07. The SMILES string of the molecule is CCNC(=O)[C@H](C)Sc1nc(C2CCCCC2)n(-c2ccccc2)n1. The molecule has 6 heteroatoms. The topological polar surface area (TPSA) is 59.8 Å². The van der Waals surface area contributed by atoms with E-state index in [1.165, 1.54) is 43.9 Å². The Bertz CT molecular complexity index is 695. The van der Waals surface area contributed by atoms with Gasteiger partial charge in [0.15, 0.2) is 0 Å². The van der Waals surface area contributed by atoms with Crippen LogP contribution >= 0.6 is 11.8 Å². The lowest BCUT2D eigenvalue weighted by Crippen LogP contribution is -2.30. The molecule has 1 heterocycles. The van der Waals surface area contributed by atoms with Crippen LogP contribution in [0.5, 0.6) is 0 Å². The molecule has 0 unspecified atom stereocenters. The first kappa shape index (κ1) is 18.0. The van der Waals surface area contributed by atoms with Gasteiger partial charge in [-0.15, -0.1) is 5.10 Å². The minimum atomic E-state index is -0.203. The van der Waals surface area contributed by atoms with Crippen LogP contribution in [0.2, 0.25) is 0 Å². The van der Waals surface area contributed by atoms with E-state index in [0.29, 0.717) is 17.6 Å². The van der Waals surface area contributed by atoms with Crippen molar-refractivity contribution in [3.63, 3.8) is 0 Å². The number of hydrogen-bond donors (Lipinski definition) is 1. The second-order valence-corrected chi connectivity index (χ2v) is 7.80. The molecule has 0 bridgehead atoms. The van der Waals surface area contributed by atoms with E-state index in [1.807, 2.05) is 36.7 Å². The Morgan fingerprint density at radius 3 is 2.68 bits per heavy atom.